The van der Waals surface area contributed by atoms with E-state index in [0.29, 0.717) is 12.8 Å². The van der Waals surface area contributed by atoms with Crippen molar-refractivity contribution in [1.29, 1.82) is 0 Å². The third-order valence-corrected chi connectivity index (χ3v) is 3.21. The van der Waals surface area contributed by atoms with Gasteiger partial charge in [-0.1, -0.05) is 11.6 Å². The predicted octanol–water partition coefficient (Wildman–Crippen LogP) is 3.12. The van der Waals surface area contributed by atoms with Crippen molar-refractivity contribution in [3.63, 3.8) is 0 Å². The highest BCUT2D eigenvalue weighted by molar-refractivity contribution is 6.30. The second-order valence-electron chi connectivity index (χ2n) is 4.07. The van der Waals surface area contributed by atoms with Gasteiger partial charge in [-0.2, -0.15) is 0 Å². The van der Waals surface area contributed by atoms with Crippen molar-refractivity contribution in [3.05, 3.63) is 34.4 Å². The Kier molecular flexibility index (Phi) is 2.62. The molecule has 1 N–H and O–H groups in total. The standard InChI is InChI=1S/C11H9ClF2O2/c12-6-1-2-7(13)9(10(6)14)11(3-4-11)5-8(15)16/h1-2H,3-5H2,(H,15,16). The SMILES string of the molecule is O=C(O)CC1(c2c(F)ccc(Cl)c2F)CC1. The first kappa shape index (κ1) is 11.3. The van der Waals surface area contributed by atoms with Gasteiger partial charge in [0.05, 0.1) is 11.4 Å². The molecule has 0 radical (unpaired) electrons. The summed E-state index contributed by atoms with van der Waals surface area (Å²) in [5.41, 5.74) is -1.08. The fourth-order valence-corrected chi connectivity index (χ4v) is 2.13. The van der Waals surface area contributed by atoms with E-state index in [-0.39, 0.29) is 17.0 Å². The quantitative estimate of drug-likeness (QED) is 0.832. The van der Waals surface area contributed by atoms with Crippen LogP contribution >= 0.6 is 11.6 Å². The highest BCUT2D eigenvalue weighted by atomic mass is 35.5. The zero-order valence-electron chi connectivity index (χ0n) is 8.27. The van der Waals surface area contributed by atoms with E-state index in [1.165, 1.54) is 0 Å². The highest BCUT2D eigenvalue weighted by Gasteiger charge is 2.49. The summed E-state index contributed by atoms with van der Waals surface area (Å²) in [6.07, 6.45) is 0.697. The van der Waals surface area contributed by atoms with Crippen molar-refractivity contribution in [2.45, 2.75) is 24.7 Å². The number of aliphatic carboxylic acids is 1. The van der Waals surface area contributed by atoms with E-state index < -0.39 is 23.0 Å². The fraction of sp³-hybridized carbons (Fsp3) is 0.364. The van der Waals surface area contributed by atoms with E-state index in [4.69, 9.17) is 16.7 Å². The van der Waals surface area contributed by atoms with Crippen LogP contribution in [0.15, 0.2) is 12.1 Å². The molecule has 0 amide bonds. The minimum Gasteiger partial charge on any atom is -0.481 e. The van der Waals surface area contributed by atoms with Crippen molar-refractivity contribution >= 4 is 17.6 Å². The summed E-state index contributed by atoms with van der Waals surface area (Å²) in [5, 5.41) is 8.55. The average Bonchev–Trinajstić information content (AvgIpc) is 2.92. The molecular formula is C11H9ClF2O2. The zero-order valence-corrected chi connectivity index (χ0v) is 9.02. The van der Waals surface area contributed by atoms with Gasteiger partial charge < -0.3 is 5.11 Å². The molecule has 16 heavy (non-hydrogen) atoms. The van der Waals surface area contributed by atoms with E-state index in [2.05, 4.69) is 0 Å². The summed E-state index contributed by atoms with van der Waals surface area (Å²) in [5.74, 6) is -2.61. The van der Waals surface area contributed by atoms with Crippen LogP contribution in [0.4, 0.5) is 8.78 Å². The first-order valence-corrected chi connectivity index (χ1v) is 5.20. The number of hydrogen-bond acceptors (Lipinski definition) is 1. The van der Waals surface area contributed by atoms with Crippen molar-refractivity contribution in [2.24, 2.45) is 0 Å². The molecule has 1 fully saturated rings. The minimum absolute atomic E-state index is 0.173. The number of benzene rings is 1. The van der Waals surface area contributed by atoms with Crippen molar-refractivity contribution in [3.8, 4) is 0 Å². The molecule has 1 aliphatic rings. The smallest absolute Gasteiger partial charge is 0.304 e. The maximum Gasteiger partial charge on any atom is 0.304 e. The van der Waals surface area contributed by atoms with Gasteiger partial charge in [-0.05, 0) is 25.0 Å². The molecule has 86 valence electrons. The fourth-order valence-electron chi connectivity index (χ4n) is 1.97. The molecule has 0 unspecified atom stereocenters. The van der Waals surface area contributed by atoms with E-state index in [9.17, 15) is 13.6 Å². The third-order valence-electron chi connectivity index (χ3n) is 2.92. The molecule has 1 aliphatic carbocycles. The van der Waals surface area contributed by atoms with Crippen LogP contribution in [0.2, 0.25) is 5.02 Å². The van der Waals surface area contributed by atoms with Gasteiger partial charge >= 0.3 is 5.97 Å². The van der Waals surface area contributed by atoms with Crippen LogP contribution in [0.1, 0.15) is 24.8 Å². The van der Waals surface area contributed by atoms with Gasteiger partial charge in [0.25, 0.3) is 0 Å². The lowest BCUT2D eigenvalue weighted by atomic mass is 9.91. The molecule has 0 heterocycles. The molecule has 1 aromatic rings. The number of halogens is 3. The highest BCUT2D eigenvalue weighted by Crippen LogP contribution is 2.53. The summed E-state index contributed by atoms with van der Waals surface area (Å²) in [6, 6.07) is 2.20. The van der Waals surface area contributed by atoms with Gasteiger partial charge in [0.2, 0.25) is 0 Å². The molecule has 0 bridgehead atoms. The molecular weight excluding hydrogens is 238 g/mol. The Bertz CT molecular complexity index is 456. The Labute approximate surface area is 95.8 Å². The zero-order chi connectivity index (χ0) is 11.9. The molecule has 2 nitrogen and oxygen atoms in total. The minimum atomic E-state index is -1.06. The maximum atomic E-state index is 13.7. The van der Waals surface area contributed by atoms with Crippen LogP contribution in [0.25, 0.3) is 0 Å². The second-order valence-corrected chi connectivity index (χ2v) is 4.48. The van der Waals surface area contributed by atoms with Crippen LogP contribution < -0.4 is 0 Å². The Morgan fingerprint density at radius 3 is 2.56 bits per heavy atom. The number of rotatable bonds is 3. The van der Waals surface area contributed by atoms with Crippen LogP contribution in [-0.2, 0) is 10.2 Å². The van der Waals surface area contributed by atoms with Gasteiger partial charge in [0.1, 0.15) is 11.6 Å². The van der Waals surface area contributed by atoms with E-state index in [1.807, 2.05) is 0 Å². The Morgan fingerprint density at radius 2 is 2.06 bits per heavy atom. The van der Waals surface area contributed by atoms with Gasteiger partial charge in [-0.15, -0.1) is 0 Å². The topological polar surface area (TPSA) is 37.3 Å². The molecule has 1 aromatic carbocycles. The molecule has 5 heteroatoms. The average molecular weight is 247 g/mol. The second kappa shape index (κ2) is 3.70. The summed E-state index contributed by atoms with van der Waals surface area (Å²) in [4.78, 5) is 10.7. The van der Waals surface area contributed by atoms with E-state index >= 15 is 0 Å². The number of carboxylic acids is 1. The Balaban J connectivity index is 2.48. The molecule has 0 saturated heterocycles. The lowest BCUT2D eigenvalue weighted by Crippen LogP contribution is -2.16. The first-order valence-electron chi connectivity index (χ1n) is 4.82. The van der Waals surface area contributed by atoms with Crippen molar-refractivity contribution in [1.82, 2.24) is 0 Å². The predicted molar refractivity (Wildman–Crippen MR) is 54.5 cm³/mol. The summed E-state index contributed by atoms with van der Waals surface area (Å²) >= 11 is 5.57. The molecule has 1 saturated carbocycles. The van der Waals surface area contributed by atoms with Gasteiger partial charge in [0, 0.05) is 11.0 Å². The Hall–Kier alpha value is -1.16. The van der Waals surface area contributed by atoms with Crippen LogP contribution in [0.3, 0.4) is 0 Å². The molecule has 0 atom stereocenters. The summed E-state index contributed by atoms with van der Waals surface area (Å²) in [7, 11) is 0. The van der Waals surface area contributed by atoms with Crippen molar-refractivity contribution < 1.29 is 18.7 Å². The first-order chi connectivity index (χ1) is 7.46. The Morgan fingerprint density at radius 1 is 1.44 bits per heavy atom. The normalized spacial score (nSPS) is 17.2. The third kappa shape index (κ3) is 1.78. The molecule has 0 aliphatic heterocycles. The largest absolute Gasteiger partial charge is 0.481 e. The summed E-state index contributed by atoms with van der Waals surface area (Å²) in [6.45, 7) is 0. The van der Waals surface area contributed by atoms with Gasteiger partial charge in [-0.25, -0.2) is 8.78 Å². The van der Waals surface area contributed by atoms with Gasteiger partial charge in [0.15, 0.2) is 0 Å². The number of hydrogen-bond donors (Lipinski definition) is 1. The lowest BCUT2D eigenvalue weighted by molar-refractivity contribution is -0.137. The van der Waals surface area contributed by atoms with Crippen LogP contribution in [0, 0.1) is 11.6 Å². The summed E-state index contributed by atoms with van der Waals surface area (Å²) < 4.78 is 27.2. The van der Waals surface area contributed by atoms with E-state index in [0.717, 1.165) is 12.1 Å². The number of carboxylic acid groups (broad SMARTS) is 1. The van der Waals surface area contributed by atoms with Gasteiger partial charge in [-0.3, -0.25) is 4.79 Å². The van der Waals surface area contributed by atoms with Crippen LogP contribution in [0.5, 0.6) is 0 Å². The maximum absolute atomic E-state index is 13.7. The van der Waals surface area contributed by atoms with E-state index in [1.54, 1.807) is 0 Å². The number of carbonyl (C=O) groups is 1. The monoisotopic (exact) mass is 246 g/mol. The molecule has 2 rings (SSSR count). The van der Waals surface area contributed by atoms with Crippen LogP contribution in [-0.4, -0.2) is 11.1 Å². The lowest BCUT2D eigenvalue weighted by Gasteiger charge is -2.15. The molecule has 0 aromatic heterocycles. The van der Waals surface area contributed by atoms with Crippen molar-refractivity contribution in [2.75, 3.05) is 0 Å². The molecule has 0 spiro atoms.